The Morgan fingerprint density at radius 3 is 2.50 bits per heavy atom. The molecule has 3 rings (SSSR count). The highest BCUT2D eigenvalue weighted by Gasteiger charge is 2.31. The monoisotopic (exact) mass is 420 g/mol. The molecule has 1 unspecified atom stereocenters. The van der Waals surface area contributed by atoms with Gasteiger partial charge in [0.2, 0.25) is 11.8 Å². The molecule has 0 spiro atoms. The topological polar surface area (TPSA) is 40.6 Å². The van der Waals surface area contributed by atoms with Crippen LogP contribution in [0.4, 0.5) is 0 Å². The smallest absolute Gasteiger partial charge is 0.225 e. The molecule has 2 amide bonds. The summed E-state index contributed by atoms with van der Waals surface area (Å²) in [4.78, 5) is 29.3. The van der Waals surface area contributed by atoms with Gasteiger partial charge in [0.15, 0.2) is 0 Å². The van der Waals surface area contributed by atoms with Gasteiger partial charge >= 0.3 is 0 Å². The average molecular weight is 421 g/mol. The van der Waals surface area contributed by atoms with E-state index in [0.29, 0.717) is 31.3 Å². The molecule has 1 atom stereocenters. The molecule has 2 aliphatic heterocycles. The highest BCUT2D eigenvalue weighted by atomic mass is 79.9. The Morgan fingerprint density at radius 1 is 1.08 bits per heavy atom. The standard InChI is InChI=1S/C21H29BrN2O2/c1-16-5-4-12-24(15-16)21(26)18-10-13-23(14-11-18)20(25)9-8-17-6-2-3-7-19(17)22/h2-3,6-7,16,18H,4-5,8-15H2,1H3. The van der Waals surface area contributed by atoms with Crippen LogP contribution in [0.2, 0.25) is 0 Å². The lowest BCUT2D eigenvalue weighted by molar-refractivity contribution is -0.142. The summed E-state index contributed by atoms with van der Waals surface area (Å²) >= 11 is 3.54. The molecule has 2 aliphatic rings. The minimum atomic E-state index is 0.104. The maximum Gasteiger partial charge on any atom is 0.225 e. The molecule has 1 aromatic rings. The second-order valence-electron chi connectivity index (χ2n) is 7.78. The Morgan fingerprint density at radius 2 is 1.81 bits per heavy atom. The van der Waals surface area contributed by atoms with Crippen LogP contribution in [0.5, 0.6) is 0 Å². The van der Waals surface area contributed by atoms with Crippen LogP contribution >= 0.6 is 15.9 Å². The van der Waals surface area contributed by atoms with Crippen molar-refractivity contribution >= 4 is 27.7 Å². The lowest BCUT2D eigenvalue weighted by Gasteiger charge is -2.37. The maximum absolute atomic E-state index is 12.7. The van der Waals surface area contributed by atoms with Crippen LogP contribution in [0.3, 0.4) is 0 Å². The van der Waals surface area contributed by atoms with E-state index in [1.54, 1.807) is 0 Å². The number of piperidine rings is 2. The van der Waals surface area contributed by atoms with E-state index in [4.69, 9.17) is 0 Å². The minimum absolute atomic E-state index is 0.104. The fourth-order valence-electron chi connectivity index (χ4n) is 4.12. The van der Waals surface area contributed by atoms with Crippen LogP contribution in [-0.4, -0.2) is 47.8 Å². The van der Waals surface area contributed by atoms with Crippen molar-refractivity contribution in [2.24, 2.45) is 11.8 Å². The molecule has 0 N–H and O–H groups in total. The first kappa shape index (κ1) is 19.4. The van der Waals surface area contributed by atoms with Crippen molar-refractivity contribution < 1.29 is 9.59 Å². The summed E-state index contributed by atoms with van der Waals surface area (Å²) in [5, 5.41) is 0. The van der Waals surface area contributed by atoms with Gasteiger partial charge in [0.25, 0.3) is 0 Å². The maximum atomic E-state index is 12.7. The van der Waals surface area contributed by atoms with Crippen LogP contribution in [0.1, 0.15) is 44.6 Å². The van der Waals surface area contributed by atoms with Crippen LogP contribution in [0, 0.1) is 11.8 Å². The summed E-state index contributed by atoms with van der Waals surface area (Å²) in [5.41, 5.74) is 1.17. The van der Waals surface area contributed by atoms with Gasteiger partial charge in [-0.2, -0.15) is 0 Å². The molecule has 1 aromatic carbocycles. The number of hydrogen-bond acceptors (Lipinski definition) is 2. The third kappa shape index (κ3) is 4.87. The molecule has 0 radical (unpaired) electrons. The van der Waals surface area contributed by atoms with E-state index in [9.17, 15) is 9.59 Å². The van der Waals surface area contributed by atoms with Gasteiger partial charge in [-0.1, -0.05) is 41.1 Å². The van der Waals surface area contributed by atoms with E-state index in [1.807, 2.05) is 23.1 Å². The highest BCUT2D eigenvalue weighted by Crippen LogP contribution is 2.24. The lowest BCUT2D eigenvalue weighted by atomic mass is 9.92. The zero-order chi connectivity index (χ0) is 18.5. The summed E-state index contributed by atoms with van der Waals surface area (Å²) in [6.07, 6.45) is 5.26. The van der Waals surface area contributed by atoms with Crippen LogP contribution in [0.15, 0.2) is 28.7 Å². The third-order valence-electron chi connectivity index (χ3n) is 5.73. The molecule has 0 aromatic heterocycles. The third-order valence-corrected chi connectivity index (χ3v) is 6.51. The first-order valence-corrected chi connectivity index (χ1v) is 10.6. The molecule has 0 bridgehead atoms. The van der Waals surface area contributed by atoms with Gasteiger partial charge < -0.3 is 9.80 Å². The molecule has 0 aliphatic carbocycles. The number of benzene rings is 1. The van der Waals surface area contributed by atoms with Crippen molar-refractivity contribution in [3.8, 4) is 0 Å². The average Bonchev–Trinajstić information content (AvgIpc) is 2.66. The quantitative estimate of drug-likeness (QED) is 0.741. The zero-order valence-corrected chi connectivity index (χ0v) is 17.2. The SMILES string of the molecule is CC1CCCN(C(=O)C2CCN(C(=O)CCc3ccccc3Br)CC2)C1. The fraction of sp³-hybridized carbons (Fsp3) is 0.619. The zero-order valence-electron chi connectivity index (χ0n) is 15.6. The molecule has 2 saturated heterocycles. The Hall–Kier alpha value is -1.36. The fourth-order valence-corrected chi connectivity index (χ4v) is 4.61. The van der Waals surface area contributed by atoms with E-state index in [1.165, 1.54) is 12.0 Å². The summed E-state index contributed by atoms with van der Waals surface area (Å²) in [6, 6.07) is 8.06. The summed E-state index contributed by atoms with van der Waals surface area (Å²) in [6.45, 7) is 5.48. The van der Waals surface area contributed by atoms with Gasteiger partial charge in [0, 0.05) is 43.0 Å². The Kier molecular flexibility index (Phi) is 6.74. The van der Waals surface area contributed by atoms with Crippen LogP contribution in [-0.2, 0) is 16.0 Å². The van der Waals surface area contributed by atoms with Gasteiger partial charge in [-0.25, -0.2) is 0 Å². The molecule has 0 saturated carbocycles. The van der Waals surface area contributed by atoms with Crippen LogP contribution in [0.25, 0.3) is 0 Å². The second kappa shape index (κ2) is 9.03. The number of amides is 2. The molecule has 142 valence electrons. The molecule has 2 heterocycles. The minimum Gasteiger partial charge on any atom is -0.343 e. The van der Waals surface area contributed by atoms with E-state index >= 15 is 0 Å². The van der Waals surface area contributed by atoms with Crippen molar-refractivity contribution in [1.29, 1.82) is 0 Å². The van der Waals surface area contributed by atoms with E-state index in [2.05, 4.69) is 33.8 Å². The molecular formula is C21H29BrN2O2. The van der Waals surface area contributed by atoms with Crippen molar-refractivity contribution in [1.82, 2.24) is 9.80 Å². The Labute approximate surface area is 165 Å². The number of nitrogens with zero attached hydrogens (tertiary/aromatic N) is 2. The van der Waals surface area contributed by atoms with Gasteiger partial charge in [0.1, 0.15) is 0 Å². The first-order chi connectivity index (χ1) is 12.5. The molecular weight excluding hydrogens is 392 g/mol. The van der Waals surface area contributed by atoms with E-state index in [0.717, 1.165) is 43.2 Å². The Bertz CT molecular complexity index is 641. The molecule has 2 fully saturated rings. The number of carbonyl (C=O) groups excluding carboxylic acids is 2. The Balaban J connectivity index is 1.45. The van der Waals surface area contributed by atoms with Crippen molar-refractivity contribution in [2.75, 3.05) is 26.2 Å². The van der Waals surface area contributed by atoms with Crippen molar-refractivity contribution in [3.63, 3.8) is 0 Å². The molecule has 26 heavy (non-hydrogen) atoms. The van der Waals surface area contributed by atoms with E-state index in [-0.39, 0.29) is 11.8 Å². The van der Waals surface area contributed by atoms with Gasteiger partial charge in [0.05, 0.1) is 0 Å². The van der Waals surface area contributed by atoms with Gasteiger partial charge in [-0.15, -0.1) is 0 Å². The summed E-state index contributed by atoms with van der Waals surface area (Å²) in [7, 11) is 0. The second-order valence-corrected chi connectivity index (χ2v) is 8.63. The number of carbonyl (C=O) groups is 2. The number of rotatable bonds is 4. The summed E-state index contributed by atoms with van der Waals surface area (Å²) in [5.74, 6) is 1.24. The lowest BCUT2D eigenvalue weighted by Crippen LogP contribution is -2.47. The van der Waals surface area contributed by atoms with Crippen molar-refractivity contribution in [3.05, 3.63) is 34.3 Å². The number of likely N-dealkylation sites (tertiary alicyclic amines) is 2. The normalized spacial score (nSPS) is 21.7. The number of halogens is 1. The van der Waals surface area contributed by atoms with Crippen molar-refractivity contribution in [2.45, 2.75) is 45.4 Å². The first-order valence-electron chi connectivity index (χ1n) is 9.84. The largest absolute Gasteiger partial charge is 0.343 e. The predicted octanol–water partition coefficient (Wildman–Crippen LogP) is 3.88. The van der Waals surface area contributed by atoms with Gasteiger partial charge in [-0.3, -0.25) is 9.59 Å². The molecule has 4 nitrogen and oxygen atoms in total. The van der Waals surface area contributed by atoms with E-state index < -0.39 is 0 Å². The molecule has 5 heteroatoms. The highest BCUT2D eigenvalue weighted by molar-refractivity contribution is 9.10. The predicted molar refractivity (Wildman–Crippen MR) is 107 cm³/mol. The number of aryl methyl sites for hydroxylation is 1. The summed E-state index contributed by atoms with van der Waals surface area (Å²) < 4.78 is 1.06. The van der Waals surface area contributed by atoms with Gasteiger partial charge in [-0.05, 0) is 49.7 Å². The number of hydrogen-bond donors (Lipinski definition) is 0. The van der Waals surface area contributed by atoms with Crippen LogP contribution < -0.4 is 0 Å².